The first kappa shape index (κ1) is 17.5. The minimum atomic E-state index is -3.08. The molecule has 2 aliphatic heterocycles. The summed E-state index contributed by atoms with van der Waals surface area (Å²) in [4.78, 5) is 13.4. The van der Waals surface area contributed by atoms with Gasteiger partial charge in [0.1, 0.15) is 0 Å². The molecule has 1 aromatic rings. The third-order valence-corrected chi connectivity index (χ3v) is 6.35. The summed E-state index contributed by atoms with van der Waals surface area (Å²) in [7, 11) is -3.08. The number of morpholine rings is 1. The molecule has 134 valence electrons. The molecule has 0 amide bonds. The zero-order valence-corrected chi connectivity index (χ0v) is 14.9. The maximum atomic E-state index is 11.9. The minimum absolute atomic E-state index is 0.168. The highest BCUT2D eigenvalue weighted by Crippen LogP contribution is 2.13. The summed E-state index contributed by atoms with van der Waals surface area (Å²) in [6, 6.07) is 1.93. The van der Waals surface area contributed by atoms with E-state index in [-0.39, 0.29) is 5.75 Å². The van der Waals surface area contributed by atoms with Crippen LogP contribution in [0.2, 0.25) is 0 Å². The fourth-order valence-corrected chi connectivity index (χ4v) is 4.05. The molecule has 0 N–H and O–H groups in total. The molecule has 0 atom stereocenters. The first-order valence-electron chi connectivity index (χ1n) is 8.43. The van der Waals surface area contributed by atoms with Gasteiger partial charge in [0.15, 0.2) is 0 Å². The number of aromatic nitrogens is 2. The van der Waals surface area contributed by atoms with Gasteiger partial charge in [-0.25, -0.2) is 18.4 Å². The van der Waals surface area contributed by atoms with Gasteiger partial charge in [-0.05, 0) is 13.0 Å². The van der Waals surface area contributed by atoms with Crippen LogP contribution in [0.3, 0.4) is 0 Å². The van der Waals surface area contributed by atoms with Crippen molar-refractivity contribution in [3.05, 3.63) is 18.0 Å². The molecule has 3 rings (SSSR count). The molecule has 1 aromatic heterocycles. The molecule has 0 aromatic carbocycles. The van der Waals surface area contributed by atoms with Gasteiger partial charge in [-0.3, -0.25) is 4.90 Å². The largest absolute Gasteiger partial charge is 0.378 e. The van der Waals surface area contributed by atoms with Gasteiger partial charge in [-0.15, -0.1) is 0 Å². The van der Waals surface area contributed by atoms with Crippen molar-refractivity contribution in [1.82, 2.24) is 19.2 Å². The van der Waals surface area contributed by atoms with E-state index in [0.717, 1.165) is 44.4 Å². The number of ether oxygens (including phenoxy) is 1. The van der Waals surface area contributed by atoms with Gasteiger partial charge in [-0.1, -0.05) is 0 Å². The second-order valence-corrected chi connectivity index (χ2v) is 8.28. The van der Waals surface area contributed by atoms with Crippen molar-refractivity contribution in [3.63, 3.8) is 0 Å². The molecule has 0 saturated carbocycles. The van der Waals surface area contributed by atoms with Crippen LogP contribution in [0.1, 0.15) is 12.6 Å². The number of rotatable bonds is 5. The Kier molecular flexibility index (Phi) is 5.65. The molecule has 9 heteroatoms. The molecule has 0 spiro atoms. The molecule has 24 heavy (non-hydrogen) atoms. The van der Waals surface area contributed by atoms with Gasteiger partial charge in [-0.2, -0.15) is 4.31 Å². The number of piperazine rings is 1. The maximum absolute atomic E-state index is 11.9. The SMILES string of the molecule is CCS(=O)(=O)N1CCN(Cc2ccnc(N3CCOCC3)n2)CC1. The van der Waals surface area contributed by atoms with Gasteiger partial charge < -0.3 is 9.64 Å². The van der Waals surface area contributed by atoms with E-state index in [1.54, 1.807) is 17.4 Å². The van der Waals surface area contributed by atoms with E-state index in [4.69, 9.17) is 4.74 Å². The molecule has 2 saturated heterocycles. The zero-order chi connectivity index (χ0) is 17.0. The topological polar surface area (TPSA) is 78.9 Å². The molecule has 0 unspecified atom stereocenters. The van der Waals surface area contributed by atoms with Crippen molar-refractivity contribution in [2.45, 2.75) is 13.5 Å². The Morgan fingerprint density at radius 2 is 1.83 bits per heavy atom. The normalized spacial score (nSPS) is 21.1. The average Bonchev–Trinajstić information content (AvgIpc) is 2.63. The summed E-state index contributed by atoms with van der Waals surface area (Å²) in [6.45, 7) is 8.04. The van der Waals surface area contributed by atoms with Crippen molar-refractivity contribution < 1.29 is 13.2 Å². The second-order valence-electron chi connectivity index (χ2n) is 6.02. The Morgan fingerprint density at radius 1 is 1.12 bits per heavy atom. The van der Waals surface area contributed by atoms with Crippen molar-refractivity contribution >= 4 is 16.0 Å². The fourth-order valence-electron chi connectivity index (χ4n) is 2.97. The summed E-state index contributed by atoms with van der Waals surface area (Å²) in [5.41, 5.74) is 0.971. The molecule has 3 heterocycles. The Bertz CT molecular complexity index is 640. The molecule has 2 aliphatic rings. The molecule has 2 fully saturated rings. The molecular weight excluding hydrogens is 330 g/mol. The number of anilines is 1. The van der Waals surface area contributed by atoms with E-state index in [1.807, 2.05) is 6.07 Å². The van der Waals surface area contributed by atoms with Gasteiger partial charge >= 0.3 is 0 Å². The first-order valence-corrected chi connectivity index (χ1v) is 10.0. The summed E-state index contributed by atoms with van der Waals surface area (Å²) in [6.07, 6.45) is 1.80. The van der Waals surface area contributed by atoms with Crippen LogP contribution >= 0.6 is 0 Å². The van der Waals surface area contributed by atoms with Gasteiger partial charge in [0, 0.05) is 52.0 Å². The fraction of sp³-hybridized carbons (Fsp3) is 0.733. The third-order valence-electron chi connectivity index (χ3n) is 4.47. The third kappa shape index (κ3) is 4.21. The lowest BCUT2D eigenvalue weighted by atomic mass is 10.3. The highest BCUT2D eigenvalue weighted by atomic mass is 32.2. The summed E-state index contributed by atoms with van der Waals surface area (Å²) in [5, 5.41) is 0. The van der Waals surface area contributed by atoms with Gasteiger partial charge in [0.25, 0.3) is 0 Å². The van der Waals surface area contributed by atoms with Crippen LogP contribution in [0.4, 0.5) is 5.95 Å². The predicted molar refractivity (Wildman–Crippen MR) is 91.4 cm³/mol. The molecule has 8 nitrogen and oxygen atoms in total. The standard InChI is InChI=1S/C15H25N5O3S/c1-2-24(21,22)20-7-5-18(6-8-20)13-14-3-4-16-15(17-14)19-9-11-23-12-10-19/h3-4H,2,5-13H2,1H3. The number of sulfonamides is 1. The minimum Gasteiger partial charge on any atom is -0.378 e. The highest BCUT2D eigenvalue weighted by molar-refractivity contribution is 7.89. The summed E-state index contributed by atoms with van der Waals surface area (Å²) < 4.78 is 30.8. The predicted octanol–water partition coefficient (Wildman–Crippen LogP) is -0.219. The van der Waals surface area contributed by atoms with E-state index in [0.29, 0.717) is 26.3 Å². The number of hydrogen-bond donors (Lipinski definition) is 0. The maximum Gasteiger partial charge on any atom is 0.225 e. The molecule has 0 bridgehead atoms. The average molecular weight is 355 g/mol. The van der Waals surface area contributed by atoms with Crippen LogP contribution in [-0.4, -0.2) is 85.8 Å². The van der Waals surface area contributed by atoms with Crippen LogP contribution < -0.4 is 4.90 Å². The van der Waals surface area contributed by atoms with E-state index in [2.05, 4.69) is 19.8 Å². The lowest BCUT2D eigenvalue weighted by molar-refractivity contribution is 0.122. The van der Waals surface area contributed by atoms with Crippen molar-refractivity contribution in [2.24, 2.45) is 0 Å². The van der Waals surface area contributed by atoms with Crippen molar-refractivity contribution in [1.29, 1.82) is 0 Å². The quantitative estimate of drug-likeness (QED) is 0.722. The molecule has 0 aliphatic carbocycles. The highest BCUT2D eigenvalue weighted by Gasteiger charge is 2.25. The van der Waals surface area contributed by atoms with E-state index in [9.17, 15) is 8.42 Å². The van der Waals surface area contributed by atoms with Crippen molar-refractivity contribution in [2.75, 3.05) is 63.1 Å². The zero-order valence-electron chi connectivity index (χ0n) is 14.1. The van der Waals surface area contributed by atoms with Crippen LogP contribution in [0.25, 0.3) is 0 Å². The lowest BCUT2D eigenvalue weighted by Crippen LogP contribution is -2.48. The van der Waals surface area contributed by atoms with E-state index in [1.165, 1.54) is 0 Å². The van der Waals surface area contributed by atoms with Gasteiger partial charge in [0.05, 0.1) is 24.7 Å². The molecule has 0 radical (unpaired) electrons. The Balaban J connectivity index is 1.57. The lowest BCUT2D eigenvalue weighted by Gasteiger charge is -2.33. The van der Waals surface area contributed by atoms with Crippen LogP contribution in [0, 0.1) is 0 Å². The Hall–Kier alpha value is -1.29. The summed E-state index contributed by atoms with van der Waals surface area (Å²) >= 11 is 0. The second kappa shape index (κ2) is 7.73. The van der Waals surface area contributed by atoms with Crippen LogP contribution in [-0.2, 0) is 21.3 Å². The van der Waals surface area contributed by atoms with Crippen LogP contribution in [0.15, 0.2) is 12.3 Å². The molecular formula is C15H25N5O3S. The van der Waals surface area contributed by atoms with E-state index < -0.39 is 10.0 Å². The Labute approximate surface area is 143 Å². The monoisotopic (exact) mass is 355 g/mol. The smallest absolute Gasteiger partial charge is 0.225 e. The van der Waals surface area contributed by atoms with E-state index >= 15 is 0 Å². The number of hydrogen-bond acceptors (Lipinski definition) is 7. The van der Waals surface area contributed by atoms with Gasteiger partial charge in [0.2, 0.25) is 16.0 Å². The first-order chi connectivity index (χ1) is 11.6. The van der Waals surface area contributed by atoms with Crippen molar-refractivity contribution in [3.8, 4) is 0 Å². The van der Waals surface area contributed by atoms with Crippen LogP contribution in [0.5, 0.6) is 0 Å². The Morgan fingerprint density at radius 3 is 2.50 bits per heavy atom. The summed E-state index contributed by atoms with van der Waals surface area (Å²) in [5.74, 6) is 0.921. The number of nitrogens with zero attached hydrogens (tertiary/aromatic N) is 5.